The van der Waals surface area contributed by atoms with Crippen molar-refractivity contribution < 1.29 is 23.4 Å². The zero-order chi connectivity index (χ0) is 25.2. The predicted molar refractivity (Wildman–Crippen MR) is 137 cm³/mol. The maximum Gasteiger partial charge on any atom is 0.268 e. The number of fused-ring (bicyclic) bond motifs is 2. The Hall–Kier alpha value is -3.46. The number of aromatic nitrogens is 1. The highest BCUT2D eigenvalue weighted by atomic mass is 32.2. The lowest BCUT2D eigenvalue weighted by Gasteiger charge is -2.24. The van der Waals surface area contributed by atoms with E-state index in [1.165, 1.54) is 21.1 Å². The van der Waals surface area contributed by atoms with E-state index in [4.69, 9.17) is 0 Å². The summed E-state index contributed by atoms with van der Waals surface area (Å²) in [6.45, 7) is 3.28. The first-order valence-electron chi connectivity index (χ1n) is 11.3. The van der Waals surface area contributed by atoms with Crippen LogP contribution < -0.4 is 0 Å². The van der Waals surface area contributed by atoms with Crippen molar-refractivity contribution in [2.45, 2.75) is 31.0 Å². The number of nitrogens with zero attached hydrogens (tertiary/aromatic N) is 2. The molecular weight excluding hydrogens is 464 g/mol. The molecule has 0 aliphatic carbocycles. The van der Waals surface area contributed by atoms with Gasteiger partial charge in [-0.05, 0) is 37.4 Å². The summed E-state index contributed by atoms with van der Waals surface area (Å²) >= 11 is 0. The van der Waals surface area contributed by atoms with Crippen molar-refractivity contribution in [2.75, 3.05) is 13.1 Å². The predicted octanol–water partition coefficient (Wildman–Crippen LogP) is 3.63. The van der Waals surface area contributed by atoms with Crippen molar-refractivity contribution in [3.8, 4) is 0 Å². The second-order valence-electron chi connectivity index (χ2n) is 8.65. The monoisotopic (exact) mass is 492 g/mol. The molecule has 0 bridgehead atoms. The second kappa shape index (κ2) is 10.0. The van der Waals surface area contributed by atoms with E-state index in [1.54, 1.807) is 62.4 Å². The molecule has 2 N–H and O–H groups in total. The highest BCUT2D eigenvalue weighted by Crippen LogP contribution is 2.30. The van der Waals surface area contributed by atoms with Crippen LogP contribution in [-0.4, -0.2) is 58.7 Å². The molecule has 0 aliphatic rings. The molecule has 1 aromatic heterocycles. The van der Waals surface area contributed by atoms with Crippen LogP contribution in [0.3, 0.4) is 0 Å². The van der Waals surface area contributed by atoms with Crippen molar-refractivity contribution in [1.82, 2.24) is 8.87 Å². The van der Waals surface area contributed by atoms with E-state index < -0.39 is 22.2 Å². The Morgan fingerprint density at radius 3 is 2.20 bits per heavy atom. The van der Waals surface area contributed by atoms with Crippen LogP contribution in [0.1, 0.15) is 19.4 Å². The van der Waals surface area contributed by atoms with Gasteiger partial charge >= 0.3 is 0 Å². The molecule has 0 aliphatic heterocycles. The fraction of sp³-hybridized carbons (Fsp3) is 0.222. The summed E-state index contributed by atoms with van der Waals surface area (Å²) in [6, 6.07) is 19.6. The minimum Gasteiger partial charge on any atom is -0.392 e. The van der Waals surface area contributed by atoms with Gasteiger partial charge in [0.15, 0.2) is 0 Å². The third kappa shape index (κ3) is 5.14. The van der Waals surface area contributed by atoms with Gasteiger partial charge in [0.05, 0.1) is 22.6 Å². The Labute approximate surface area is 204 Å². The van der Waals surface area contributed by atoms with Gasteiger partial charge in [0.25, 0.3) is 10.0 Å². The summed E-state index contributed by atoms with van der Waals surface area (Å²) in [7, 11) is -3.94. The number of hydrogen-bond donors (Lipinski definition) is 2. The van der Waals surface area contributed by atoms with E-state index in [9.17, 15) is 23.4 Å². The lowest BCUT2D eigenvalue weighted by Crippen LogP contribution is -2.39. The van der Waals surface area contributed by atoms with Gasteiger partial charge in [-0.25, -0.2) is 12.4 Å². The molecule has 35 heavy (non-hydrogen) atoms. The second-order valence-corrected chi connectivity index (χ2v) is 10.4. The van der Waals surface area contributed by atoms with Gasteiger partial charge in [-0.3, -0.25) is 4.79 Å². The lowest BCUT2D eigenvalue weighted by molar-refractivity contribution is -0.128. The first-order chi connectivity index (χ1) is 16.7. The van der Waals surface area contributed by atoms with Gasteiger partial charge in [0, 0.05) is 41.7 Å². The minimum absolute atomic E-state index is 0.0747. The molecule has 1 heterocycles. The highest BCUT2D eigenvalue weighted by molar-refractivity contribution is 7.90. The normalized spacial score (nSPS) is 13.9. The maximum atomic E-state index is 13.8. The van der Waals surface area contributed by atoms with Crippen LogP contribution in [0.15, 0.2) is 83.9 Å². The van der Waals surface area contributed by atoms with E-state index in [2.05, 4.69) is 0 Å². The molecule has 0 saturated heterocycles. The number of carbonyl (C=O) groups is 1. The van der Waals surface area contributed by atoms with Crippen LogP contribution in [0.25, 0.3) is 27.8 Å². The summed E-state index contributed by atoms with van der Waals surface area (Å²) < 4.78 is 28.8. The lowest BCUT2D eigenvalue weighted by atomic mass is 10.1. The Kier molecular flexibility index (Phi) is 7.07. The quantitative estimate of drug-likeness (QED) is 0.366. The number of hydrogen-bond acceptors (Lipinski definition) is 5. The summed E-state index contributed by atoms with van der Waals surface area (Å²) in [5, 5.41) is 21.6. The van der Waals surface area contributed by atoms with Gasteiger partial charge < -0.3 is 15.1 Å². The van der Waals surface area contributed by atoms with E-state index in [0.717, 1.165) is 5.39 Å². The number of rotatable bonds is 8. The summed E-state index contributed by atoms with van der Waals surface area (Å²) in [5.74, 6) is -0.388. The molecule has 0 radical (unpaired) electrons. The molecule has 2 atom stereocenters. The van der Waals surface area contributed by atoms with Crippen molar-refractivity contribution in [3.63, 3.8) is 0 Å². The highest BCUT2D eigenvalue weighted by Gasteiger charge is 2.23. The molecule has 182 valence electrons. The van der Waals surface area contributed by atoms with Gasteiger partial charge in [0.2, 0.25) is 5.91 Å². The average molecular weight is 493 g/mol. The van der Waals surface area contributed by atoms with Gasteiger partial charge in [0.1, 0.15) is 0 Å². The molecule has 4 aromatic rings. The Morgan fingerprint density at radius 1 is 0.914 bits per heavy atom. The van der Waals surface area contributed by atoms with Crippen LogP contribution in [0, 0.1) is 0 Å². The van der Waals surface area contributed by atoms with E-state index in [-0.39, 0.29) is 23.9 Å². The number of para-hydroxylation sites is 1. The fourth-order valence-corrected chi connectivity index (χ4v) is 5.79. The number of benzene rings is 3. The number of aliphatic hydroxyl groups is 2. The van der Waals surface area contributed by atoms with E-state index in [1.807, 2.05) is 24.3 Å². The minimum atomic E-state index is -3.94. The van der Waals surface area contributed by atoms with E-state index >= 15 is 0 Å². The number of aliphatic hydroxyl groups excluding tert-OH is 2. The smallest absolute Gasteiger partial charge is 0.268 e. The van der Waals surface area contributed by atoms with Crippen molar-refractivity contribution in [2.24, 2.45) is 0 Å². The van der Waals surface area contributed by atoms with Gasteiger partial charge in [-0.1, -0.05) is 54.6 Å². The van der Waals surface area contributed by atoms with Crippen LogP contribution in [-0.2, 0) is 14.8 Å². The van der Waals surface area contributed by atoms with Gasteiger partial charge in [-0.2, -0.15) is 0 Å². The Balaban J connectivity index is 1.77. The molecule has 0 saturated carbocycles. The molecule has 7 nitrogen and oxygen atoms in total. The Bertz CT molecular complexity index is 1490. The summed E-state index contributed by atoms with van der Waals surface area (Å²) in [6.07, 6.45) is 2.91. The third-order valence-electron chi connectivity index (χ3n) is 5.68. The molecule has 2 unspecified atom stereocenters. The van der Waals surface area contributed by atoms with Crippen LogP contribution in [0.4, 0.5) is 0 Å². The van der Waals surface area contributed by atoms with Crippen molar-refractivity contribution >= 4 is 43.7 Å². The van der Waals surface area contributed by atoms with Crippen molar-refractivity contribution in [3.05, 3.63) is 84.6 Å². The molecular formula is C27H28N2O5S. The summed E-state index contributed by atoms with van der Waals surface area (Å²) in [4.78, 5) is 14.3. The topological polar surface area (TPSA) is 99.8 Å². The molecule has 0 fully saturated rings. The van der Waals surface area contributed by atoms with E-state index in [0.29, 0.717) is 21.9 Å². The molecule has 0 spiro atoms. The number of amides is 1. The molecule has 8 heteroatoms. The zero-order valence-electron chi connectivity index (χ0n) is 19.6. The Morgan fingerprint density at radius 2 is 1.51 bits per heavy atom. The van der Waals surface area contributed by atoms with Crippen molar-refractivity contribution in [1.29, 1.82) is 0 Å². The SMILES string of the molecule is CC(O)CN(CC(C)O)C(=O)/C=C/c1cn(S(=O)(=O)c2cccc3ccccc23)c2ccccc12. The maximum absolute atomic E-state index is 13.8. The fourth-order valence-electron chi connectivity index (χ4n) is 4.19. The van der Waals surface area contributed by atoms with Crippen LogP contribution in [0.5, 0.6) is 0 Å². The van der Waals surface area contributed by atoms with Gasteiger partial charge in [-0.15, -0.1) is 0 Å². The number of carbonyl (C=O) groups excluding carboxylic acids is 1. The summed E-state index contributed by atoms with van der Waals surface area (Å²) in [5.41, 5.74) is 1.06. The largest absolute Gasteiger partial charge is 0.392 e. The molecule has 4 rings (SSSR count). The third-order valence-corrected chi connectivity index (χ3v) is 7.41. The standard InChI is InChI=1S/C27H28N2O5S/c1-19(30)16-28(17-20(2)31)27(32)15-14-22-18-29(25-12-6-5-10-23(22)25)35(33,34)26-13-7-9-21-8-3-4-11-24(21)26/h3-15,18-20,30-31H,16-17H2,1-2H3/b15-14+. The molecule has 1 amide bonds. The van der Waals surface area contributed by atoms with Crippen LogP contribution in [0.2, 0.25) is 0 Å². The zero-order valence-corrected chi connectivity index (χ0v) is 20.4. The first kappa shape index (κ1) is 24.7. The molecule has 3 aromatic carbocycles. The first-order valence-corrected chi connectivity index (χ1v) is 12.8. The van der Waals surface area contributed by atoms with Crippen LogP contribution >= 0.6 is 0 Å². The average Bonchev–Trinajstić information content (AvgIpc) is 3.20.